The van der Waals surface area contributed by atoms with Crippen LogP contribution >= 0.6 is 0 Å². The molecular weight excluding hydrogens is 316 g/mol. The average molecular weight is 342 g/mol. The minimum absolute atomic E-state index is 0.0263. The van der Waals surface area contributed by atoms with Crippen LogP contribution in [0.15, 0.2) is 29.3 Å². The number of aromatic nitrogens is 2. The number of hydrogen-bond acceptors (Lipinski definition) is 4. The Hall–Kier alpha value is -2.21. The van der Waals surface area contributed by atoms with Crippen LogP contribution in [0.1, 0.15) is 37.7 Å². The number of nitrogens with two attached hydrogens (primary N) is 1. The van der Waals surface area contributed by atoms with Crippen molar-refractivity contribution < 1.29 is 4.79 Å². The van der Waals surface area contributed by atoms with Crippen molar-refractivity contribution in [3.05, 3.63) is 40.4 Å². The number of amides is 1. The molecule has 0 spiro atoms. The van der Waals surface area contributed by atoms with Gasteiger partial charge in [0, 0.05) is 19.0 Å². The van der Waals surface area contributed by atoms with Crippen molar-refractivity contribution in [2.24, 2.45) is 11.7 Å². The first-order chi connectivity index (χ1) is 12.1. The molecule has 1 saturated carbocycles. The number of nitrogens with zero attached hydrogens (tertiary/aromatic N) is 2. The minimum Gasteiger partial charge on any atom is -0.353 e. The van der Waals surface area contributed by atoms with Gasteiger partial charge in [-0.3, -0.25) is 14.2 Å². The summed E-state index contributed by atoms with van der Waals surface area (Å²) in [5.41, 5.74) is 7.42. The zero-order valence-corrected chi connectivity index (χ0v) is 14.7. The molecule has 1 amide bonds. The van der Waals surface area contributed by atoms with Crippen LogP contribution < -0.4 is 16.6 Å². The third kappa shape index (κ3) is 3.90. The van der Waals surface area contributed by atoms with Crippen LogP contribution in [0.4, 0.5) is 0 Å². The van der Waals surface area contributed by atoms with Gasteiger partial charge in [-0.1, -0.05) is 25.0 Å². The fourth-order valence-corrected chi connectivity index (χ4v) is 3.68. The molecule has 2 aromatic rings. The van der Waals surface area contributed by atoms with Crippen LogP contribution in [-0.2, 0) is 11.3 Å². The van der Waals surface area contributed by atoms with E-state index >= 15 is 0 Å². The molecule has 0 aliphatic heterocycles. The Bertz CT molecular complexity index is 815. The van der Waals surface area contributed by atoms with Crippen molar-refractivity contribution in [2.45, 2.75) is 51.6 Å². The molecule has 3 rings (SSSR count). The summed E-state index contributed by atoms with van der Waals surface area (Å²) >= 11 is 0. The maximum Gasteiger partial charge on any atom is 0.261 e. The second kappa shape index (κ2) is 7.78. The van der Waals surface area contributed by atoms with E-state index in [4.69, 9.17) is 5.73 Å². The van der Waals surface area contributed by atoms with E-state index in [9.17, 15) is 9.59 Å². The van der Waals surface area contributed by atoms with Crippen LogP contribution in [0.25, 0.3) is 10.9 Å². The van der Waals surface area contributed by atoms with Crippen molar-refractivity contribution in [3.63, 3.8) is 0 Å². The van der Waals surface area contributed by atoms with Gasteiger partial charge in [-0.25, -0.2) is 4.98 Å². The molecule has 6 nitrogen and oxygen atoms in total. The highest BCUT2D eigenvalue weighted by Gasteiger charge is 2.25. The van der Waals surface area contributed by atoms with Crippen LogP contribution in [0.2, 0.25) is 0 Å². The molecule has 2 unspecified atom stereocenters. The van der Waals surface area contributed by atoms with Crippen molar-refractivity contribution in [1.82, 2.24) is 14.9 Å². The molecule has 3 N–H and O–H groups in total. The van der Waals surface area contributed by atoms with Gasteiger partial charge in [0.05, 0.1) is 17.2 Å². The molecular formula is C19H26N4O2. The summed E-state index contributed by atoms with van der Waals surface area (Å²) in [6.45, 7) is 2.88. The van der Waals surface area contributed by atoms with E-state index in [1.165, 1.54) is 17.3 Å². The van der Waals surface area contributed by atoms with Gasteiger partial charge in [0.2, 0.25) is 5.91 Å². The first-order valence-electron chi connectivity index (χ1n) is 9.04. The fourth-order valence-electron chi connectivity index (χ4n) is 3.68. The molecule has 1 aliphatic carbocycles. The number of rotatable bonds is 5. The number of benzene rings is 1. The van der Waals surface area contributed by atoms with E-state index in [2.05, 4.69) is 10.3 Å². The monoisotopic (exact) mass is 342 g/mol. The maximum absolute atomic E-state index is 12.6. The van der Waals surface area contributed by atoms with Gasteiger partial charge in [0.25, 0.3) is 5.56 Å². The smallest absolute Gasteiger partial charge is 0.261 e. The van der Waals surface area contributed by atoms with Gasteiger partial charge < -0.3 is 11.1 Å². The third-order valence-electron chi connectivity index (χ3n) is 5.19. The lowest BCUT2D eigenvalue weighted by atomic mass is 9.84. The van der Waals surface area contributed by atoms with Crippen LogP contribution in [0.5, 0.6) is 0 Å². The van der Waals surface area contributed by atoms with E-state index in [0.717, 1.165) is 30.3 Å². The highest BCUT2D eigenvalue weighted by atomic mass is 16.2. The Morgan fingerprint density at radius 1 is 1.36 bits per heavy atom. The Kier molecular flexibility index (Phi) is 5.48. The van der Waals surface area contributed by atoms with E-state index in [1.54, 1.807) is 6.07 Å². The third-order valence-corrected chi connectivity index (χ3v) is 5.19. The molecule has 6 heteroatoms. The summed E-state index contributed by atoms with van der Waals surface area (Å²) in [6.07, 6.45) is 6.20. The molecule has 1 aromatic heterocycles. The SMILES string of the molecule is Cc1cccc2c(=O)n(CCC(=O)NC3CCCCC3CN)cnc12. The molecule has 0 radical (unpaired) electrons. The van der Waals surface area contributed by atoms with E-state index in [-0.39, 0.29) is 23.9 Å². The predicted molar refractivity (Wildman–Crippen MR) is 98.3 cm³/mol. The second-order valence-electron chi connectivity index (χ2n) is 6.92. The number of nitrogens with one attached hydrogen (secondary N) is 1. The molecule has 2 atom stereocenters. The van der Waals surface area contributed by atoms with Crippen molar-refractivity contribution in [2.75, 3.05) is 6.54 Å². The number of hydrogen-bond donors (Lipinski definition) is 2. The Balaban J connectivity index is 1.65. The topological polar surface area (TPSA) is 90.0 Å². The van der Waals surface area contributed by atoms with Crippen LogP contribution in [-0.4, -0.2) is 28.0 Å². The minimum atomic E-state index is -0.0981. The van der Waals surface area contributed by atoms with Gasteiger partial charge >= 0.3 is 0 Å². The number of fused-ring (bicyclic) bond motifs is 1. The summed E-state index contributed by atoms with van der Waals surface area (Å²) in [6, 6.07) is 5.74. The molecule has 1 fully saturated rings. The molecule has 1 heterocycles. The quantitative estimate of drug-likeness (QED) is 0.866. The molecule has 1 aromatic carbocycles. The summed E-state index contributed by atoms with van der Waals surface area (Å²) < 4.78 is 1.52. The Labute approximate surface area is 147 Å². The summed E-state index contributed by atoms with van der Waals surface area (Å²) in [7, 11) is 0. The molecule has 0 saturated heterocycles. The molecule has 1 aliphatic rings. The molecule has 25 heavy (non-hydrogen) atoms. The standard InChI is InChI=1S/C19H26N4O2/c1-13-5-4-7-15-18(13)21-12-23(19(15)25)10-9-17(24)22-16-8-3-2-6-14(16)11-20/h4-5,7,12,14,16H,2-3,6,8-11,20H2,1H3,(H,22,24). The van der Waals surface area contributed by atoms with Gasteiger partial charge in [-0.2, -0.15) is 0 Å². The van der Waals surface area contributed by atoms with Crippen LogP contribution in [0.3, 0.4) is 0 Å². The number of carbonyl (C=O) groups is 1. The van der Waals surface area contributed by atoms with E-state index in [1.807, 2.05) is 19.1 Å². The lowest BCUT2D eigenvalue weighted by Gasteiger charge is -2.31. The average Bonchev–Trinajstić information content (AvgIpc) is 2.62. The molecule has 134 valence electrons. The normalized spacial score (nSPS) is 20.6. The lowest BCUT2D eigenvalue weighted by Crippen LogP contribution is -2.45. The number of aryl methyl sites for hydroxylation is 2. The van der Waals surface area contributed by atoms with Crippen molar-refractivity contribution in [1.29, 1.82) is 0 Å². The summed E-state index contributed by atoms with van der Waals surface area (Å²) in [4.78, 5) is 29.2. The van der Waals surface area contributed by atoms with Crippen molar-refractivity contribution >= 4 is 16.8 Å². The van der Waals surface area contributed by atoms with Gasteiger partial charge in [0.15, 0.2) is 0 Å². The first kappa shape index (κ1) is 17.6. The highest BCUT2D eigenvalue weighted by molar-refractivity contribution is 5.80. The Morgan fingerprint density at radius 3 is 2.96 bits per heavy atom. The largest absolute Gasteiger partial charge is 0.353 e. The maximum atomic E-state index is 12.6. The van der Waals surface area contributed by atoms with Gasteiger partial charge in [0.1, 0.15) is 0 Å². The highest BCUT2D eigenvalue weighted by Crippen LogP contribution is 2.23. The van der Waals surface area contributed by atoms with E-state index < -0.39 is 0 Å². The first-order valence-corrected chi connectivity index (χ1v) is 9.04. The predicted octanol–water partition coefficient (Wildman–Crippen LogP) is 1.73. The zero-order chi connectivity index (χ0) is 17.8. The van der Waals surface area contributed by atoms with Crippen LogP contribution in [0, 0.1) is 12.8 Å². The fraction of sp³-hybridized carbons (Fsp3) is 0.526. The summed E-state index contributed by atoms with van der Waals surface area (Å²) in [5.74, 6) is 0.340. The second-order valence-corrected chi connectivity index (χ2v) is 6.92. The van der Waals surface area contributed by atoms with Gasteiger partial charge in [-0.15, -0.1) is 0 Å². The Morgan fingerprint density at radius 2 is 2.16 bits per heavy atom. The lowest BCUT2D eigenvalue weighted by molar-refractivity contribution is -0.122. The molecule has 0 bridgehead atoms. The summed E-state index contributed by atoms with van der Waals surface area (Å²) in [5, 5.41) is 3.70. The van der Waals surface area contributed by atoms with Gasteiger partial charge in [-0.05, 0) is 43.9 Å². The number of para-hydroxylation sites is 1. The zero-order valence-electron chi connectivity index (χ0n) is 14.7. The van der Waals surface area contributed by atoms with Crippen molar-refractivity contribution in [3.8, 4) is 0 Å². The number of carbonyl (C=O) groups excluding carboxylic acids is 1. The van der Waals surface area contributed by atoms with E-state index in [0.29, 0.717) is 24.4 Å².